The second-order valence-corrected chi connectivity index (χ2v) is 8.06. The molecule has 0 amide bonds. The summed E-state index contributed by atoms with van der Waals surface area (Å²) in [4.78, 5) is 4.61. The van der Waals surface area contributed by atoms with Gasteiger partial charge in [0.25, 0.3) is 0 Å². The van der Waals surface area contributed by atoms with Crippen LogP contribution in [0.25, 0.3) is 49.1 Å². The van der Waals surface area contributed by atoms with Crippen LogP contribution in [0.1, 0.15) is 5.56 Å². The molecule has 0 aliphatic heterocycles. The normalized spacial score (nSPS) is 11.6. The molecule has 0 N–H and O–H groups in total. The number of aromatic nitrogens is 3. The Morgan fingerprint density at radius 3 is 2.00 bits per heavy atom. The van der Waals surface area contributed by atoms with Crippen molar-refractivity contribution in [2.75, 3.05) is 0 Å². The van der Waals surface area contributed by atoms with Crippen LogP contribution in [0.4, 0.5) is 0 Å². The Balaban J connectivity index is 0.00000196. The van der Waals surface area contributed by atoms with Gasteiger partial charge in [-0.3, -0.25) is 4.98 Å². The topological polar surface area (TPSA) is 22.2 Å². The van der Waals surface area contributed by atoms with Crippen molar-refractivity contribution in [1.82, 2.24) is 14.0 Å². The van der Waals surface area contributed by atoms with Crippen molar-refractivity contribution in [2.45, 2.75) is 6.54 Å². The minimum Gasteiger partial charge on any atom is -0.345 e. The van der Waals surface area contributed by atoms with Crippen molar-refractivity contribution >= 4 is 49.1 Å². The van der Waals surface area contributed by atoms with Crippen LogP contribution in [0.15, 0.2) is 97.3 Å². The molecule has 7 aromatic rings. The minimum atomic E-state index is 0. The van der Waals surface area contributed by atoms with E-state index in [1.165, 1.54) is 43.7 Å². The zero-order valence-electron chi connectivity index (χ0n) is 17.1. The van der Waals surface area contributed by atoms with Crippen LogP contribution in [0.2, 0.25) is 0 Å². The van der Waals surface area contributed by atoms with Crippen molar-refractivity contribution in [1.29, 1.82) is 0 Å². The quantitative estimate of drug-likeness (QED) is 0.165. The Morgan fingerprint density at radius 2 is 1.31 bits per heavy atom. The average molecular weight is 589 g/mol. The molecule has 3 aromatic heterocycles. The molecule has 0 saturated carbocycles. The van der Waals surface area contributed by atoms with E-state index in [1.54, 1.807) is 0 Å². The number of hydrogen-bond donors (Lipinski definition) is 0. The molecule has 0 bridgehead atoms. The van der Waals surface area contributed by atoms with Gasteiger partial charge in [0.2, 0.25) is 0 Å². The van der Waals surface area contributed by atoms with E-state index in [4.69, 9.17) is 0 Å². The number of hydrogen-bond acceptors (Lipinski definition) is 1. The van der Waals surface area contributed by atoms with Crippen LogP contribution >= 0.6 is 0 Å². The molecule has 32 heavy (non-hydrogen) atoms. The second-order valence-electron chi connectivity index (χ2n) is 8.06. The predicted octanol–water partition coefficient (Wildman–Crippen LogP) is 6.59. The molecule has 3 heterocycles. The van der Waals surface area contributed by atoms with E-state index in [2.05, 4.69) is 105 Å². The summed E-state index contributed by atoms with van der Waals surface area (Å²) >= 11 is 0. The van der Waals surface area contributed by atoms with E-state index in [9.17, 15) is 0 Å². The fraction of sp³-hybridized carbons (Fsp3) is 0.0357. The van der Waals surface area contributed by atoms with Crippen LogP contribution in [0, 0.1) is 6.07 Å². The van der Waals surface area contributed by atoms with Gasteiger partial charge in [-0.1, -0.05) is 60.0 Å². The number of para-hydroxylation sites is 3. The first-order chi connectivity index (χ1) is 15.4. The monoisotopic (exact) mass is 589 g/mol. The van der Waals surface area contributed by atoms with Gasteiger partial charge >= 0.3 is 0 Å². The maximum atomic E-state index is 4.61. The maximum absolute atomic E-state index is 4.61. The molecule has 0 spiro atoms. The third kappa shape index (κ3) is 2.67. The summed E-state index contributed by atoms with van der Waals surface area (Å²) < 4.78 is 4.57. The Bertz CT molecular complexity index is 1720. The van der Waals surface area contributed by atoms with Crippen molar-refractivity contribution in [2.24, 2.45) is 0 Å². The van der Waals surface area contributed by atoms with Gasteiger partial charge in [0.1, 0.15) is 0 Å². The largest absolute Gasteiger partial charge is 0.345 e. The first kappa shape index (κ1) is 19.2. The van der Waals surface area contributed by atoms with E-state index in [0.717, 1.165) is 17.6 Å². The molecule has 1 radical (unpaired) electrons. The number of imidazole rings is 1. The van der Waals surface area contributed by atoms with Crippen LogP contribution in [0.3, 0.4) is 0 Å². The SMILES string of the molecule is [Ir].[c-]1cc(Cn2c3ccccc3c3ccccc32)cc2c1c1nccn1c1ccccc21. The minimum absolute atomic E-state index is 0. The molecule has 0 aliphatic rings. The maximum Gasteiger partial charge on any atom is 0.0608 e. The third-order valence-electron chi connectivity index (χ3n) is 6.34. The van der Waals surface area contributed by atoms with E-state index in [0.29, 0.717) is 0 Å². The summed E-state index contributed by atoms with van der Waals surface area (Å²) in [6, 6.07) is 33.8. The fourth-order valence-electron chi connectivity index (χ4n) is 4.98. The van der Waals surface area contributed by atoms with Gasteiger partial charge in [-0.2, -0.15) is 0 Å². The first-order valence-electron chi connectivity index (χ1n) is 10.5. The van der Waals surface area contributed by atoms with E-state index in [-0.39, 0.29) is 20.1 Å². The van der Waals surface area contributed by atoms with Crippen molar-refractivity contribution in [3.8, 4) is 0 Å². The zero-order chi connectivity index (χ0) is 20.4. The van der Waals surface area contributed by atoms with Crippen LogP contribution in [0.5, 0.6) is 0 Å². The molecular formula is C28H18IrN3-. The number of benzene rings is 4. The number of nitrogens with zero attached hydrogens (tertiary/aromatic N) is 3. The Hall–Kier alpha value is -3.46. The van der Waals surface area contributed by atoms with E-state index < -0.39 is 0 Å². The van der Waals surface area contributed by atoms with Crippen LogP contribution in [-0.2, 0) is 26.7 Å². The predicted molar refractivity (Wildman–Crippen MR) is 128 cm³/mol. The summed E-state index contributed by atoms with van der Waals surface area (Å²) in [5.74, 6) is 0. The summed E-state index contributed by atoms with van der Waals surface area (Å²) in [5.41, 5.74) is 5.89. The molecule has 0 saturated heterocycles. The van der Waals surface area contributed by atoms with Crippen LogP contribution < -0.4 is 0 Å². The molecule has 3 nitrogen and oxygen atoms in total. The Kier molecular flexibility index (Phi) is 4.39. The molecule has 0 unspecified atom stereocenters. The number of pyridine rings is 1. The van der Waals surface area contributed by atoms with E-state index >= 15 is 0 Å². The van der Waals surface area contributed by atoms with Gasteiger partial charge in [0, 0.05) is 66.4 Å². The van der Waals surface area contributed by atoms with Crippen molar-refractivity contribution in [3.63, 3.8) is 0 Å². The molecule has 155 valence electrons. The molecule has 0 aliphatic carbocycles. The third-order valence-corrected chi connectivity index (χ3v) is 6.34. The molecular weight excluding hydrogens is 571 g/mol. The van der Waals surface area contributed by atoms with E-state index in [1.807, 2.05) is 12.4 Å². The fourth-order valence-corrected chi connectivity index (χ4v) is 4.98. The van der Waals surface area contributed by atoms with Gasteiger partial charge in [0.15, 0.2) is 0 Å². The molecule has 4 heteroatoms. The average Bonchev–Trinajstić information content (AvgIpc) is 3.44. The van der Waals surface area contributed by atoms with Crippen molar-refractivity contribution in [3.05, 3.63) is 109 Å². The summed E-state index contributed by atoms with van der Waals surface area (Å²) in [6.07, 6.45) is 3.89. The Morgan fingerprint density at radius 1 is 0.719 bits per heavy atom. The van der Waals surface area contributed by atoms with Gasteiger partial charge in [-0.15, -0.1) is 29.1 Å². The second kappa shape index (κ2) is 7.30. The van der Waals surface area contributed by atoms with Gasteiger partial charge in [0.05, 0.1) is 5.65 Å². The van der Waals surface area contributed by atoms with Gasteiger partial charge in [-0.25, -0.2) is 0 Å². The summed E-state index contributed by atoms with van der Waals surface area (Å²) in [7, 11) is 0. The molecule has 7 rings (SSSR count). The van der Waals surface area contributed by atoms with Gasteiger partial charge < -0.3 is 8.97 Å². The Labute approximate surface area is 198 Å². The van der Waals surface area contributed by atoms with Crippen molar-refractivity contribution < 1.29 is 20.1 Å². The van der Waals surface area contributed by atoms with Crippen LogP contribution in [-0.4, -0.2) is 14.0 Å². The zero-order valence-corrected chi connectivity index (χ0v) is 19.5. The smallest absolute Gasteiger partial charge is 0.0608 e. The molecule has 0 fully saturated rings. The molecule has 4 aromatic carbocycles. The number of fused-ring (bicyclic) bond motifs is 9. The summed E-state index contributed by atoms with van der Waals surface area (Å²) in [5, 5.41) is 6.09. The number of rotatable bonds is 2. The standard InChI is InChI=1S/C28H18N3.Ir/c1-5-11-26-20(7-1)21-8-2-6-12-27(21)31(26)18-19-13-14-23-24(17-19)22-9-3-4-10-25(22)30-16-15-29-28(23)30;/h1-13,15-17H,18H2;/q-1;. The summed E-state index contributed by atoms with van der Waals surface area (Å²) in [6.45, 7) is 0.800. The first-order valence-corrected chi connectivity index (χ1v) is 10.5. The molecule has 0 atom stereocenters. The van der Waals surface area contributed by atoms with Gasteiger partial charge in [-0.05, 0) is 23.6 Å².